The summed E-state index contributed by atoms with van der Waals surface area (Å²) in [5, 5.41) is 2.76. The first-order valence-electron chi connectivity index (χ1n) is 6.08. The summed E-state index contributed by atoms with van der Waals surface area (Å²) in [4.78, 5) is 29.6. The van der Waals surface area contributed by atoms with Crippen LogP contribution < -0.4 is 5.32 Å². The fourth-order valence-corrected chi connectivity index (χ4v) is 2.05. The van der Waals surface area contributed by atoms with Gasteiger partial charge in [0.25, 0.3) is 5.91 Å². The standard InChI is InChI=1S/C13H17N3O2/c1-9-3-4-11(10(2)15-9)13(18)16-7-5-12(17)14-6-8-16/h3-4H,5-8H2,1-2H3,(H,14,17). The second kappa shape index (κ2) is 5.16. The lowest BCUT2D eigenvalue weighted by Crippen LogP contribution is -2.34. The highest BCUT2D eigenvalue weighted by molar-refractivity contribution is 5.95. The van der Waals surface area contributed by atoms with Crippen molar-refractivity contribution in [3.05, 3.63) is 29.1 Å². The maximum Gasteiger partial charge on any atom is 0.255 e. The highest BCUT2D eigenvalue weighted by atomic mass is 16.2. The Bertz CT molecular complexity index is 485. The van der Waals surface area contributed by atoms with Crippen molar-refractivity contribution in [3.8, 4) is 0 Å². The fraction of sp³-hybridized carbons (Fsp3) is 0.462. The minimum Gasteiger partial charge on any atom is -0.354 e. The molecule has 0 saturated carbocycles. The molecular weight excluding hydrogens is 230 g/mol. The van der Waals surface area contributed by atoms with Gasteiger partial charge in [0.2, 0.25) is 5.91 Å². The molecule has 0 unspecified atom stereocenters. The van der Waals surface area contributed by atoms with Gasteiger partial charge in [-0.15, -0.1) is 0 Å². The lowest BCUT2D eigenvalue weighted by atomic mass is 10.1. The third kappa shape index (κ3) is 2.67. The van der Waals surface area contributed by atoms with Gasteiger partial charge >= 0.3 is 0 Å². The zero-order valence-corrected chi connectivity index (χ0v) is 10.7. The van der Waals surface area contributed by atoms with E-state index in [0.717, 1.165) is 11.4 Å². The molecular formula is C13H17N3O2. The summed E-state index contributed by atoms with van der Waals surface area (Å²) in [6.07, 6.45) is 0.365. The van der Waals surface area contributed by atoms with Crippen molar-refractivity contribution in [2.24, 2.45) is 0 Å². The van der Waals surface area contributed by atoms with Gasteiger partial charge in [0.05, 0.1) is 11.3 Å². The fourth-order valence-electron chi connectivity index (χ4n) is 2.05. The Morgan fingerprint density at radius 3 is 2.83 bits per heavy atom. The molecule has 5 nitrogen and oxygen atoms in total. The molecule has 2 amide bonds. The maximum absolute atomic E-state index is 12.3. The van der Waals surface area contributed by atoms with E-state index in [9.17, 15) is 9.59 Å². The molecule has 1 aromatic heterocycles. The van der Waals surface area contributed by atoms with Crippen LogP contribution in [0.5, 0.6) is 0 Å². The molecule has 0 aliphatic carbocycles. The molecule has 1 aromatic rings. The quantitative estimate of drug-likeness (QED) is 0.793. The Balaban J connectivity index is 2.17. The molecule has 0 bridgehead atoms. The lowest BCUT2D eigenvalue weighted by molar-refractivity contribution is -0.120. The second-order valence-corrected chi connectivity index (χ2v) is 4.48. The minimum absolute atomic E-state index is 0.00375. The van der Waals surface area contributed by atoms with Crippen LogP contribution in [0.25, 0.3) is 0 Å². The molecule has 1 fully saturated rings. The van der Waals surface area contributed by atoms with E-state index >= 15 is 0 Å². The van der Waals surface area contributed by atoms with Crippen molar-refractivity contribution in [2.45, 2.75) is 20.3 Å². The molecule has 0 radical (unpaired) electrons. The lowest BCUT2D eigenvalue weighted by Gasteiger charge is -2.20. The summed E-state index contributed by atoms with van der Waals surface area (Å²) < 4.78 is 0. The SMILES string of the molecule is Cc1ccc(C(=O)N2CCNC(=O)CC2)c(C)n1. The summed E-state index contributed by atoms with van der Waals surface area (Å²) in [6.45, 7) is 5.27. The van der Waals surface area contributed by atoms with E-state index in [-0.39, 0.29) is 11.8 Å². The Morgan fingerprint density at radius 1 is 1.33 bits per heavy atom. The van der Waals surface area contributed by atoms with Crippen LogP contribution in [0.15, 0.2) is 12.1 Å². The third-order valence-corrected chi connectivity index (χ3v) is 3.06. The number of rotatable bonds is 1. The molecule has 0 atom stereocenters. The number of nitrogens with zero attached hydrogens (tertiary/aromatic N) is 2. The van der Waals surface area contributed by atoms with Gasteiger partial charge in [0, 0.05) is 31.7 Å². The molecule has 1 aliphatic rings. The number of aromatic nitrogens is 1. The normalized spacial score (nSPS) is 16.1. The Hall–Kier alpha value is -1.91. The van der Waals surface area contributed by atoms with Crippen LogP contribution in [0.2, 0.25) is 0 Å². The van der Waals surface area contributed by atoms with Crippen LogP contribution in [0.3, 0.4) is 0 Å². The molecule has 1 aliphatic heterocycles. The third-order valence-electron chi connectivity index (χ3n) is 3.06. The highest BCUT2D eigenvalue weighted by Gasteiger charge is 2.21. The van der Waals surface area contributed by atoms with Crippen LogP contribution in [0.1, 0.15) is 28.2 Å². The second-order valence-electron chi connectivity index (χ2n) is 4.48. The number of hydrogen-bond acceptors (Lipinski definition) is 3. The smallest absolute Gasteiger partial charge is 0.255 e. The first-order chi connectivity index (χ1) is 8.58. The minimum atomic E-state index is -0.0449. The van der Waals surface area contributed by atoms with Gasteiger partial charge in [-0.3, -0.25) is 14.6 Å². The number of nitrogens with one attached hydrogen (secondary N) is 1. The van der Waals surface area contributed by atoms with Crippen molar-refractivity contribution >= 4 is 11.8 Å². The number of pyridine rings is 1. The monoisotopic (exact) mass is 247 g/mol. The molecule has 1 saturated heterocycles. The molecule has 2 rings (SSSR count). The first kappa shape index (κ1) is 12.5. The van der Waals surface area contributed by atoms with Gasteiger partial charge in [-0.05, 0) is 26.0 Å². The van der Waals surface area contributed by atoms with E-state index in [1.807, 2.05) is 19.9 Å². The van der Waals surface area contributed by atoms with E-state index in [2.05, 4.69) is 10.3 Å². The topological polar surface area (TPSA) is 62.3 Å². The van der Waals surface area contributed by atoms with Crippen LogP contribution in [0, 0.1) is 13.8 Å². The Morgan fingerprint density at radius 2 is 2.11 bits per heavy atom. The Labute approximate surface area is 106 Å². The van der Waals surface area contributed by atoms with Gasteiger partial charge in [-0.1, -0.05) is 0 Å². The van der Waals surface area contributed by atoms with Crippen LogP contribution >= 0.6 is 0 Å². The summed E-state index contributed by atoms with van der Waals surface area (Å²) >= 11 is 0. The Kier molecular flexibility index (Phi) is 3.60. The molecule has 0 spiro atoms. The van der Waals surface area contributed by atoms with Gasteiger partial charge in [-0.25, -0.2) is 0 Å². The summed E-state index contributed by atoms with van der Waals surface area (Å²) in [6, 6.07) is 3.64. The number of carbonyl (C=O) groups is 2. The number of amides is 2. The number of carbonyl (C=O) groups excluding carboxylic acids is 2. The van der Waals surface area contributed by atoms with E-state index in [0.29, 0.717) is 31.6 Å². The largest absolute Gasteiger partial charge is 0.354 e. The van der Waals surface area contributed by atoms with Gasteiger partial charge in [-0.2, -0.15) is 0 Å². The maximum atomic E-state index is 12.3. The average Bonchev–Trinajstić information content (AvgIpc) is 2.53. The summed E-state index contributed by atoms with van der Waals surface area (Å²) in [7, 11) is 0. The van der Waals surface area contributed by atoms with E-state index in [4.69, 9.17) is 0 Å². The van der Waals surface area contributed by atoms with Crippen molar-refractivity contribution in [3.63, 3.8) is 0 Å². The van der Waals surface area contributed by atoms with Gasteiger partial charge < -0.3 is 10.2 Å². The van der Waals surface area contributed by atoms with Gasteiger partial charge in [0.15, 0.2) is 0 Å². The summed E-state index contributed by atoms with van der Waals surface area (Å²) in [5.41, 5.74) is 2.26. The molecule has 5 heteroatoms. The highest BCUT2D eigenvalue weighted by Crippen LogP contribution is 2.11. The molecule has 1 N–H and O–H groups in total. The van der Waals surface area contributed by atoms with Crippen molar-refractivity contribution < 1.29 is 9.59 Å². The predicted molar refractivity (Wildman–Crippen MR) is 67.2 cm³/mol. The summed E-state index contributed by atoms with van der Waals surface area (Å²) in [5.74, 6) is -0.0412. The van der Waals surface area contributed by atoms with E-state index < -0.39 is 0 Å². The molecule has 18 heavy (non-hydrogen) atoms. The first-order valence-corrected chi connectivity index (χ1v) is 6.08. The molecule has 0 aromatic carbocycles. The number of aryl methyl sites for hydroxylation is 2. The van der Waals surface area contributed by atoms with Crippen LogP contribution in [0.4, 0.5) is 0 Å². The zero-order chi connectivity index (χ0) is 13.1. The van der Waals surface area contributed by atoms with Crippen molar-refractivity contribution in [1.82, 2.24) is 15.2 Å². The van der Waals surface area contributed by atoms with E-state index in [1.54, 1.807) is 11.0 Å². The van der Waals surface area contributed by atoms with Crippen molar-refractivity contribution in [2.75, 3.05) is 19.6 Å². The molecule has 96 valence electrons. The van der Waals surface area contributed by atoms with E-state index in [1.165, 1.54) is 0 Å². The average molecular weight is 247 g/mol. The number of hydrogen-bond donors (Lipinski definition) is 1. The zero-order valence-electron chi connectivity index (χ0n) is 10.7. The van der Waals surface area contributed by atoms with Crippen LogP contribution in [-0.4, -0.2) is 41.3 Å². The molecule has 2 heterocycles. The predicted octanol–water partition coefficient (Wildman–Crippen LogP) is 0.661. The van der Waals surface area contributed by atoms with Gasteiger partial charge in [0.1, 0.15) is 0 Å². The van der Waals surface area contributed by atoms with Crippen LogP contribution in [-0.2, 0) is 4.79 Å². The van der Waals surface area contributed by atoms with Crippen molar-refractivity contribution in [1.29, 1.82) is 0 Å².